The SMILES string of the molecule is CC(C)N1C[C@H]2CCC[C@@H](C1)C2N. The molecular weight excluding hydrogens is 160 g/mol. The van der Waals surface area contributed by atoms with Crippen molar-refractivity contribution in [2.24, 2.45) is 17.6 Å². The second-order valence-electron chi connectivity index (χ2n) is 5.08. The summed E-state index contributed by atoms with van der Waals surface area (Å²) in [6.45, 7) is 7.09. The van der Waals surface area contributed by atoms with Gasteiger partial charge in [-0.3, -0.25) is 0 Å². The summed E-state index contributed by atoms with van der Waals surface area (Å²) in [6, 6.07) is 1.21. The molecule has 2 rings (SSSR count). The highest BCUT2D eigenvalue weighted by Crippen LogP contribution is 2.34. The highest BCUT2D eigenvalue weighted by molar-refractivity contribution is 4.93. The lowest BCUT2D eigenvalue weighted by atomic mass is 9.74. The molecule has 1 saturated carbocycles. The van der Waals surface area contributed by atoms with Gasteiger partial charge >= 0.3 is 0 Å². The summed E-state index contributed by atoms with van der Waals surface area (Å²) in [5.41, 5.74) is 6.22. The van der Waals surface area contributed by atoms with E-state index in [1.54, 1.807) is 0 Å². The molecule has 0 aromatic heterocycles. The van der Waals surface area contributed by atoms with Crippen molar-refractivity contribution in [1.82, 2.24) is 4.90 Å². The van der Waals surface area contributed by atoms with E-state index in [-0.39, 0.29) is 0 Å². The van der Waals surface area contributed by atoms with E-state index >= 15 is 0 Å². The van der Waals surface area contributed by atoms with E-state index in [1.807, 2.05) is 0 Å². The summed E-state index contributed by atoms with van der Waals surface area (Å²) in [4.78, 5) is 2.61. The molecule has 1 unspecified atom stereocenters. The smallest absolute Gasteiger partial charge is 0.0120 e. The number of hydrogen-bond donors (Lipinski definition) is 1. The van der Waals surface area contributed by atoms with Gasteiger partial charge in [0.25, 0.3) is 0 Å². The third-order valence-electron chi connectivity index (χ3n) is 3.91. The molecule has 1 heterocycles. The zero-order valence-electron chi connectivity index (χ0n) is 8.87. The maximum absolute atomic E-state index is 6.22. The Kier molecular flexibility index (Phi) is 2.61. The Morgan fingerprint density at radius 3 is 2.15 bits per heavy atom. The van der Waals surface area contributed by atoms with Crippen molar-refractivity contribution in [3.05, 3.63) is 0 Å². The largest absolute Gasteiger partial charge is 0.327 e. The van der Waals surface area contributed by atoms with Crippen LogP contribution in [0, 0.1) is 11.8 Å². The number of rotatable bonds is 1. The monoisotopic (exact) mass is 182 g/mol. The van der Waals surface area contributed by atoms with Crippen LogP contribution in [0.4, 0.5) is 0 Å². The van der Waals surface area contributed by atoms with E-state index in [0.717, 1.165) is 11.8 Å². The van der Waals surface area contributed by atoms with Crippen LogP contribution in [0.3, 0.4) is 0 Å². The van der Waals surface area contributed by atoms with E-state index in [2.05, 4.69) is 18.7 Å². The van der Waals surface area contributed by atoms with Gasteiger partial charge in [-0.1, -0.05) is 6.42 Å². The third kappa shape index (κ3) is 1.75. The van der Waals surface area contributed by atoms with Gasteiger partial charge in [-0.2, -0.15) is 0 Å². The van der Waals surface area contributed by atoms with E-state index < -0.39 is 0 Å². The van der Waals surface area contributed by atoms with Gasteiger partial charge in [-0.05, 0) is 38.5 Å². The molecule has 0 spiro atoms. The average molecular weight is 182 g/mol. The normalized spacial score (nSPS) is 41.1. The van der Waals surface area contributed by atoms with Gasteiger partial charge in [0.1, 0.15) is 0 Å². The molecule has 1 saturated heterocycles. The van der Waals surface area contributed by atoms with Crippen molar-refractivity contribution >= 4 is 0 Å². The quantitative estimate of drug-likeness (QED) is 0.665. The molecular formula is C11H22N2. The van der Waals surface area contributed by atoms with Gasteiger partial charge in [0.15, 0.2) is 0 Å². The molecule has 13 heavy (non-hydrogen) atoms. The molecule has 76 valence electrons. The first-order valence-electron chi connectivity index (χ1n) is 5.68. The summed E-state index contributed by atoms with van der Waals surface area (Å²) in [5, 5.41) is 0. The summed E-state index contributed by atoms with van der Waals surface area (Å²) in [6.07, 6.45) is 4.14. The number of fused-ring (bicyclic) bond motifs is 2. The Morgan fingerprint density at radius 1 is 1.15 bits per heavy atom. The van der Waals surface area contributed by atoms with Crippen LogP contribution in [0.5, 0.6) is 0 Å². The molecule has 0 amide bonds. The van der Waals surface area contributed by atoms with Crippen LogP contribution < -0.4 is 5.73 Å². The van der Waals surface area contributed by atoms with Crippen LogP contribution in [-0.4, -0.2) is 30.1 Å². The van der Waals surface area contributed by atoms with Crippen molar-refractivity contribution in [2.75, 3.05) is 13.1 Å². The van der Waals surface area contributed by atoms with Crippen LogP contribution in [0.1, 0.15) is 33.1 Å². The van der Waals surface area contributed by atoms with E-state index in [1.165, 1.54) is 32.4 Å². The fraction of sp³-hybridized carbons (Fsp3) is 1.00. The zero-order valence-corrected chi connectivity index (χ0v) is 8.87. The molecule has 0 aromatic carbocycles. The number of hydrogen-bond acceptors (Lipinski definition) is 2. The molecule has 0 radical (unpaired) electrons. The minimum absolute atomic E-state index is 0.503. The summed E-state index contributed by atoms with van der Waals surface area (Å²) in [7, 11) is 0. The summed E-state index contributed by atoms with van der Waals surface area (Å²) >= 11 is 0. The predicted octanol–water partition coefficient (Wildman–Crippen LogP) is 1.45. The van der Waals surface area contributed by atoms with Gasteiger partial charge in [0.2, 0.25) is 0 Å². The minimum Gasteiger partial charge on any atom is -0.327 e. The highest BCUT2D eigenvalue weighted by atomic mass is 15.2. The van der Waals surface area contributed by atoms with Crippen molar-refractivity contribution in [3.63, 3.8) is 0 Å². The topological polar surface area (TPSA) is 29.3 Å². The van der Waals surface area contributed by atoms with Gasteiger partial charge in [-0.25, -0.2) is 0 Å². The van der Waals surface area contributed by atoms with Crippen LogP contribution in [-0.2, 0) is 0 Å². The van der Waals surface area contributed by atoms with Gasteiger partial charge < -0.3 is 10.6 Å². The van der Waals surface area contributed by atoms with Crippen molar-refractivity contribution in [3.8, 4) is 0 Å². The molecule has 2 heteroatoms. The number of nitrogens with zero attached hydrogens (tertiary/aromatic N) is 1. The first-order valence-corrected chi connectivity index (χ1v) is 5.68. The maximum Gasteiger partial charge on any atom is 0.0120 e. The van der Waals surface area contributed by atoms with Crippen LogP contribution >= 0.6 is 0 Å². The van der Waals surface area contributed by atoms with Gasteiger partial charge in [-0.15, -0.1) is 0 Å². The number of likely N-dealkylation sites (tertiary alicyclic amines) is 1. The van der Waals surface area contributed by atoms with Crippen molar-refractivity contribution in [1.29, 1.82) is 0 Å². The van der Waals surface area contributed by atoms with E-state index in [4.69, 9.17) is 5.73 Å². The molecule has 0 aromatic rings. The van der Waals surface area contributed by atoms with Crippen molar-refractivity contribution < 1.29 is 0 Å². The van der Waals surface area contributed by atoms with Gasteiger partial charge in [0, 0.05) is 25.2 Å². The number of piperidine rings is 1. The lowest BCUT2D eigenvalue weighted by Crippen LogP contribution is -2.56. The van der Waals surface area contributed by atoms with Crippen LogP contribution in [0.25, 0.3) is 0 Å². The fourth-order valence-electron chi connectivity index (χ4n) is 2.94. The van der Waals surface area contributed by atoms with Gasteiger partial charge in [0.05, 0.1) is 0 Å². The zero-order chi connectivity index (χ0) is 9.42. The average Bonchev–Trinajstić information content (AvgIpc) is 2.02. The second kappa shape index (κ2) is 3.58. The standard InChI is InChI=1S/C11H22N2/c1-8(2)13-6-9-4-3-5-10(7-13)11(9)12/h8-11H,3-7,12H2,1-2H3/t9-,10+,11?. The Morgan fingerprint density at radius 2 is 1.69 bits per heavy atom. The third-order valence-corrected chi connectivity index (χ3v) is 3.91. The first kappa shape index (κ1) is 9.47. The van der Waals surface area contributed by atoms with Crippen molar-refractivity contribution in [2.45, 2.75) is 45.2 Å². The lowest BCUT2D eigenvalue weighted by Gasteiger charge is -2.47. The Balaban J connectivity index is 2.03. The van der Waals surface area contributed by atoms with Crippen LogP contribution in [0.15, 0.2) is 0 Å². The molecule has 2 fully saturated rings. The maximum atomic E-state index is 6.22. The predicted molar refractivity (Wildman–Crippen MR) is 55.5 cm³/mol. The molecule has 1 aliphatic carbocycles. The minimum atomic E-state index is 0.503. The van der Waals surface area contributed by atoms with E-state index in [9.17, 15) is 0 Å². The van der Waals surface area contributed by atoms with Crippen LogP contribution in [0.2, 0.25) is 0 Å². The molecule has 2 N–H and O–H groups in total. The van der Waals surface area contributed by atoms with E-state index in [0.29, 0.717) is 12.1 Å². The Bertz CT molecular complexity index is 165. The molecule has 3 atom stereocenters. The molecule has 2 aliphatic rings. The number of nitrogens with two attached hydrogens (primary N) is 1. The summed E-state index contributed by atoms with van der Waals surface area (Å²) in [5.74, 6) is 1.57. The second-order valence-corrected chi connectivity index (χ2v) is 5.08. The molecule has 2 bridgehead atoms. The molecule has 1 aliphatic heterocycles. The molecule has 2 nitrogen and oxygen atoms in total. The Labute approximate surface area is 81.5 Å². The highest BCUT2D eigenvalue weighted by Gasteiger charge is 2.37. The first-order chi connectivity index (χ1) is 6.18. The Hall–Kier alpha value is -0.0800. The summed E-state index contributed by atoms with van der Waals surface area (Å²) < 4.78 is 0. The lowest BCUT2D eigenvalue weighted by molar-refractivity contribution is 0.0446. The fourth-order valence-corrected chi connectivity index (χ4v) is 2.94.